The molecule has 0 aromatic heterocycles. The van der Waals surface area contributed by atoms with E-state index in [4.69, 9.17) is 4.74 Å². The van der Waals surface area contributed by atoms with E-state index in [1.807, 2.05) is 18.2 Å². The highest BCUT2D eigenvalue weighted by Gasteiger charge is 2.12. The van der Waals surface area contributed by atoms with Gasteiger partial charge in [-0.3, -0.25) is 0 Å². The minimum atomic E-state index is -3.44. The number of hydrogen-bond acceptors (Lipinski definition) is 3. The van der Waals surface area contributed by atoms with Gasteiger partial charge in [-0.15, -0.1) is 0 Å². The van der Waals surface area contributed by atoms with Crippen LogP contribution in [0.15, 0.2) is 59.5 Å². The summed E-state index contributed by atoms with van der Waals surface area (Å²) in [6.45, 7) is 0.446. The first-order chi connectivity index (χ1) is 10.6. The van der Waals surface area contributed by atoms with Crippen molar-refractivity contribution in [1.29, 1.82) is 0 Å². The third-order valence-corrected chi connectivity index (χ3v) is 4.87. The number of methoxy groups -OCH3 is 1. The van der Waals surface area contributed by atoms with Gasteiger partial charge in [0.05, 0.1) is 12.0 Å². The topological polar surface area (TPSA) is 55.4 Å². The largest absolute Gasteiger partial charge is 0.497 e. The van der Waals surface area contributed by atoms with Crippen molar-refractivity contribution in [3.8, 4) is 5.75 Å². The van der Waals surface area contributed by atoms with Gasteiger partial charge in [-0.1, -0.05) is 30.3 Å². The predicted molar refractivity (Wildman–Crippen MR) is 87.6 cm³/mol. The Hall–Kier alpha value is -1.85. The molecule has 0 amide bonds. The molecular weight excluding hydrogens is 298 g/mol. The lowest BCUT2D eigenvalue weighted by atomic mass is 10.1. The van der Waals surface area contributed by atoms with Crippen LogP contribution < -0.4 is 9.46 Å². The maximum Gasteiger partial charge on any atom is 0.240 e. The number of ether oxygens (including phenoxy) is 1. The number of unbranched alkanes of at least 4 members (excludes halogenated alkanes) is 1. The molecule has 0 fully saturated rings. The Labute approximate surface area is 132 Å². The number of benzene rings is 2. The molecule has 22 heavy (non-hydrogen) atoms. The van der Waals surface area contributed by atoms with Crippen LogP contribution in [-0.2, 0) is 16.4 Å². The highest BCUT2D eigenvalue weighted by atomic mass is 32.2. The van der Waals surface area contributed by atoms with E-state index in [1.165, 1.54) is 5.56 Å². The van der Waals surface area contributed by atoms with Crippen molar-refractivity contribution in [2.45, 2.75) is 24.2 Å². The van der Waals surface area contributed by atoms with E-state index in [1.54, 1.807) is 31.4 Å². The van der Waals surface area contributed by atoms with Crippen molar-refractivity contribution in [3.05, 3.63) is 60.2 Å². The molecule has 0 saturated carbocycles. The van der Waals surface area contributed by atoms with Gasteiger partial charge in [0.1, 0.15) is 5.75 Å². The van der Waals surface area contributed by atoms with E-state index in [0.29, 0.717) is 12.3 Å². The first-order valence-electron chi connectivity index (χ1n) is 7.29. The highest BCUT2D eigenvalue weighted by Crippen LogP contribution is 2.15. The molecule has 0 radical (unpaired) electrons. The van der Waals surface area contributed by atoms with E-state index in [-0.39, 0.29) is 4.90 Å². The molecular formula is C17H21NO3S. The van der Waals surface area contributed by atoms with Gasteiger partial charge in [0, 0.05) is 6.54 Å². The summed E-state index contributed by atoms with van der Waals surface area (Å²) in [5, 5.41) is 0. The maximum atomic E-state index is 12.1. The fourth-order valence-corrected chi connectivity index (χ4v) is 3.22. The van der Waals surface area contributed by atoms with Crippen molar-refractivity contribution in [3.63, 3.8) is 0 Å². The van der Waals surface area contributed by atoms with Gasteiger partial charge in [0.25, 0.3) is 0 Å². The third kappa shape index (κ3) is 4.86. The molecule has 1 N–H and O–H groups in total. The molecule has 2 rings (SSSR count). The van der Waals surface area contributed by atoms with Crippen LogP contribution in [0.25, 0.3) is 0 Å². The summed E-state index contributed by atoms with van der Waals surface area (Å²) in [7, 11) is -1.89. The Kier molecular flexibility index (Phi) is 5.98. The zero-order valence-electron chi connectivity index (χ0n) is 12.7. The van der Waals surface area contributed by atoms with E-state index in [2.05, 4.69) is 16.9 Å². The lowest BCUT2D eigenvalue weighted by Gasteiger charge is -2.07. The van der Waals surface area contributed by atoms with E-state index in [9.17, 15) is 8.42 Å². The van der Waals surface area contributed by atoms with Gasteiger partial charge in [-0.2, -0.15) is 0 Å². The fraction of sp³-hybridized carbons (Fsp3) is 0.294. The van der Waals surface area contributed by atoms with Crippen LogP contribution in [0.4, 0.5) is 0 Å². The molecule has 0 aliphatic heterocycles. The van der Waals surface area contributed by atoms with Crippen LogP contribution in [0.1, 0.15) is 18.4 Å². The van der Waals surface area contributed by atoms with Crippen LogP contribution in [-0.4, -0.2) is 22.1 Å². The number of sulfonamides is 1. The monoisotopic (exact) mass is 319 g/mol. The Morgan fingerprint density at radius 3 is 2.27 bits per heavy atom. The summed E-state index contributed by atoms with van der Waals surface area (Å²) >= 11 is 0. The van der Waals surface area contributed by atoms with E-state index in [0.717, 1.165) is 19.3 Å². The van der Waals surface area contributed by atoms with Crippen molar-refractivity contribution in [2.24, 2.45) is 0 Å². The molecule has 2 aromatic rings. The first-order valence-corrected chi connectivity index (χ1v) is 8.78. The average Bonchev–Trinajstić information content (AvgIpc) is 2.55. The van der Waals surface area contributed by atoms with Gasteiger partial charge in [-0.25, -0.2) is 13.1 Å². The second-order valence-corrected chi connectivity index (χ2v) is 6.78. The molecule has 118 valence electrons. The van der Waals surface area contributed by atoms with Gasteiger partial charge < -0.3 is 4.74 Å². The summed E-state index contributed by atoms with van der Waals surface area (Å²) in [6, 6.07) is 16.6. The van der Waals surface area contributed by atoms with E-state index < -0.39 is 10.0 Å². The van der Waals surface area contributed by atoms with E-state index >= 15 is 0 Å². The lowest BCUT2D eigenvalue weighted by Crippen LogP contribution is -2.24. The van der Waals surface area contributed by atoms with Crippen LogP contribution in [0, 0.1) is 0 Å². The molecule has 4 nitrogen and oxygen atoms in total. The average molecular weight is 319 g/mol. The number of hydrogen-bond donors (Lipinski definition) is 1. The number of aryl methyl sites for hydroxylation is 1. The molecule has 2 aromatic carbocycles. The maximum absolute atomic E-state index is 12.1. The Balaban J connectivity index is 1.77. The normalized spacial score (nSPS) is 11.3. The zero-order valence-corrected chi connectivity index (χ0v) is 13.5. The Morgan fingerprint density at radius 2 is 1.64 bits per heavy atom. The van der Waals surface area contributed by atoms with Gasteiger partial charge in [-0.05, 0) is 49.1 Å². The van der Waals surface area contributed by atoms with Gasteiger partial charge >= 0.3 is 0 Å². The van der Waals surface area contributed by atoms with Crippen LogP contribution in [0.3, 0.4) is 0 Å². The molecule has 0 aliphatic carbocycles. The molecule has 0 bridgehead atoms. The molecule has 0 spiro atoms. The Bertz CT molecular complexity index is 667. The van der Waals surface area contributed by atoms with Gasteiger partial charge in [0.2, 0.25) is 10.0 Å². The molecule has 0 aliphatic rings. The first kappa shape index (κ1) is 16.5. The summed E-state index contributed by atoms with van der Waals surface area (Å²) in [5.41, 5.74) is 1.28. The van der Waals surface area contributed by atoms with Crippen molar-refractivity contribution >= 4 is 10.0 Å². The molecule has 0 heterocycles. The van der Waals surface area contributed by atoms with Crippen LogP contribution in [0.2, 0.25) is 0 Å². The smallest absolute Gasteiger partial charge is 0.240 e. The van der Waals surface area contributed by atoms with Crippen LogP contribution in [0.5, 0.6) is 5.75 Å². The Morgan fingerprint density at radius 1 is 0.955 bits per heavy atom. The standard InChI is InChI=1S/C17H21NO3S/c1-21-16-10-12-17(13-11-16)22(19,20)18-14-6-5-9-15-7-3-2-4-8-15/h2-4,7-8,10-13,18H,5-6,9,14H2,1H3. The minimum Gasteiger partial charge on any atom is -0.497 e. The van der Waals surface area contributed by atoms with Crippen molar-refractivity contribution in [2.75, 3.05) is 13.7 Å². The summed E-state index contributed by atoms with van der Waals surface area (Å²) in [5.74, 6) is 0.641. The summed E-state index contributed by atoms with van der Waals surface area (Å²) < 4.78 is 31.9. The minimum absolute atomic E-state index is 0.261. The van der Waals surface area contributed by atoms with Crippen molar-refractivity contribution < 1.29 is 13.2 Å². The quantitative estimate of drug-likeness (QED) is 0.761. The molecule has 5 heteroatoms. The SMILES string of the molecule is COc1ccc(S(=O)(=O)NCCCCc2ccccc2)cc1. The molecule has 0 atom stereocenters. The van der Waals surface area contributed by atoms with Crippen molar-refractivity contribution in [1.82, 2.24) is 4.72 Å². The van der Waals surface area contributed by atoms with Crippen LogP contribution >= 0.6 is 0 Å². The zero-order chi connectivity index (χ0) is 15.8. The summed E-state index contributed by atoms with van der Waals surface area (Å²) in [6.07, 6.45) is 2.73. The molecule has 0 saturated heterocycles. The highest BCUT2D eigenvalue weighted by molar-refractivity contribution is 7.89. The van der Waals surface area contributed by atoms with Gasteiger partial charge in [0.15, 0.2) is 0 Å². The molecule has 0 unspecified atom stereocenters. The predicted octanol–water partition coefficient (Wildman–Crippen LogP) is 3.00. The number of rotatable bonds is 8. The second kappa shape index (κ2) is 7.96. The second-order valence-electron chi connectivity index (χ2n) is 5.02. The number of nitrogens with one attached hydrogen (secondary N) is 1. The fourth-order valence-electron chi connectivity index (χ4n) is 2.14. The lowest BCUT2D eigenvalue weighted by molar-refractivity contribution is 0.414. The third-order valence-electron chi connectivity index (χ3n) is 3.40. The summed E-state index contributed by atoms with van der Waals surface area (Å²) in [4.78, 5) is 0.261.